The lowest BCUT2D eigenvalue weighted by atomic mass is 10.1. The van der Waals surface area contributed by atoms with E-state index in [9.17, 15) is 9.18 Å². The van der Waals surface area contributed by atoms with E-state index in [0.717, 1.165) is 22.9 Å². The molecule has 7 heteroatoms. The van der Waals surface area contributed by atoms with Crippen LogP contribution in [0.25, 0.3) is 11.5 Å². The molecule has 1 amide bonds. The Morgan fingerprint density at radius 2 is 2.00 bits per heavy atom. The molecule has 1 unspecified atom stereocenters. The molecule has 0 aliphatic carbocycles. The van der Waals surface area contributed by atoms with Crippen LogP contribution < -0.4 is 5.32 Å². The number of aryl methyl sites for hydroxylation is 2. The highest BCUT2D eigenvalue weighted by atomic mass is 32.2. The molecular formula is C19H18FN3O2S. The van der Waals surface area contributed by atoms with E-state index in [2.05, 4.69) is 15.5 Å². The third kappa shape index (κ3) is 4.29. The summed E-state index contributed by atoms with van der Waals surface area (Å²) >= 11 is 1.15. The zero-order valence-electron chi connectivity index (χ0n) is 14.6. The summed E-state index contributed by atoms with van der Waals surface area (Å²) in [7, 11) is 0. The van der Waals surface area contributed by atoms with Gasteiger partial charge in [0.2, 0.25) is 11.8 Å². The molecule has 0 aliphatic heterocycles. The van der Waals surface area contributed by atoms with Crippen molar-refractivity contribution in [3.05, 3.63) is 59.4 Å². The van der Waals surface area contributed by atoms with E-state index in [4.69, 9.17) is 4.42 Å². The van der Waals surface area contributed by atoms with Gasteiger partial charge >= 0.3 is 0 Å². The van der Waals surface area contributed by atoms with Crippen LogP contribution in [0.4, 0.5) is 10.1 Å². The fourth-order valence-electron chi connectivity index (χ4n) is 2.27. The van der Waals surface area contributed by atoms with Crippen LogP contribution in [0, 0.1) is 19.7 Å². The number of thioether (sulfide) groups is 1. The molecule has 0 fully saturated rings. The van der Waals surface area contributed by atoms with E-state index in [0.29, 0.717) is 22.4 Å². The van der Waals surface area contributed by atoms with Crippen molar-refractivity contribution in [2.24, 2.45) is 0 Å². The SMILES string of the molecule is Cc1cccc(-c2nnc(SC(C)C(=O)Nc3ccc(C)c(F)c3)o2)c1. The minimum absolute atomic E-state index is 0.270. The van der Waals surface area contributed by atoms with Gasteiger partial charge in [-0.3, -0.25) is 4.79 Å². The van der Waals surface area contributed by atoms with E-state index >= 15 is 0 Å². The van der Waals surface area contributed by atoms with Crippen LogP contribution in [0.1, 0.15) is 18.1 Å². The molecule has 3 rings (SSSR count). The number of hydrogen-bond donors (Lipinski definition) is 1. The minimum Gasteiger partial charge on any atom is -0.411 e. The average molecular weight is 371 g/mol. The summed E-state index contributed by atoms with van der Waals surface area (Å²) in [5, 5.41) is 10.5. The summed E-state index contributed by atoms with van der Waals surface area (Å²) in [6.45, 7) is 5.37. The van der Waals surface area contributed by atoms with Crippen LogP contribution in [0.3, 0.4) is 0 Å². The van der Waals surface area contributed by atoms with Gasteiger partial charge in [-0.2, -0.15) is 0 Å². The Labute approximate surface area is 155 Å². The first-order chi connectivity index (χ1) is 12.4. The van der Waals surface area contributed by atoms with E-state index in [1.54, 1.807) is 26.0 Å². The second-order valence-electron chi connectivity index (χ2n) is 5.96. The van der Waals surface area contributed by atoms with Gasteiger partial charge in [-0.1, -0.05) is 35.5 Å². The standard InChI is InChI=1S/C19H18FN3O2S/c1-11-5-4-6-14(9-11)18-22-23-19(25-18)26-13(3)17(24)21-15-8-7-12(2)16(20)10-15/h4-10,13H,1-3H3,(H,21,24). The molecule has 1 aromatic heterocycles. The van der Waals surface area contributed by atoms with Crippen LogP contribution >= 0.6 is 11.8 Å². The maximum atomic E-state index is 13.6. The number of amides is 1. The number of aromatic nitrogens is 2. The van der Waals surface area contributed by atoms with Crippen molar-refractivity contribution < 1.29 is 13.6 Å². The fourth-order valence-corrected chi connectivity index (χ4v) is 2.95. The van der Waals surface area contributed by atoms with E-state index in [1.165, 1.54) is 6.07 Å². The van der Waals surface area contributed by atoms with Crippen LogP contribution in [-0.2, 0) is 4.79 Å². The van der Waals surface area contributed by atoms with Gasteiger partial charge in [0, 0.05) is 11.3 Å². The summed E-state index contributed by atoms with van der Waals surface area (Å²) in [5.74, 6) is -0.222. The van der Waals surface area contributed by atoms with Crippen molar-refractivity contribution in [1.29, 1.82) is 0 Å². The Morgan fingerprint density at radius 1 is 1.19 bits per heavy atom. The number of hydrogen-bond acceptors (Lipinski definition) is 5. The maximum absolute atomic E-state index is 13.6. The van der Waals surface area contributed by atoms with Gasteiger partial charge in [0.25, 0.3) is 5.22 Å². The van der Waals surface area contributed by atoms with Crippen molar-refractivity contribution in [2.45, 2.75) is 31.2 Å². The lowest BCUT2D eigenvalue weighted by molar-refractivity contribution is -0.115. The largest absolute Gasteiger partial charge is 0.411 e. The minimum atomic E-state index is -0.481. The second kappa shape index (κ2) is 7.70. The Hall–Kier alpha value is -2.67. The molecule has 26 heavy (non-hydrogen) atoms. The van der Waals surface area contributed by atoms with Crippen molar-refractivity contribution in [1.82, 2.24) is 10.2 Å². The number of carbonyl (C=O) groups excluding carboxylic acids is 1. The molecule has 0 radical (unpaired) electrons. The summed E-state index contributed by atoms with van der Waals surface area (Å²) in [5.41, 5.74) is 2.86. The van der Waals surface area contributed by atoms with Crippen molar-refractivity contribution in [3.63, 3.8) is 0 Å². The van der Waals surface area contributed by atoms with Crippen LogP contribution in [0.5, 0.6) is 0 Å². The Kier molecular flexibility index (Phi) is 5.37. The lowest BCUT2D eigenvalue weighted by Gasteiger charge is -2.10. The monoisotopic (exact) mass is 371 g/mol. The summed E-state index contributed by atoms with van der Waals surface area (Å²) in [6, 6.07) is 12.3. The third-order valence-electron chi connectivity index (χ3n) is 3.76. The number of nitrogens with one attached hydrogen (secondary N) is 1. The zero-order valence-corrected chi connectivity index (χ0v) is 15.4. The van der Waals surface area contributed by atoms with Crippen molar-refractivity contribution in [2.75, 3.05) is 5.32 Å². The highest BCUT2D eigenvalue weighted by Gasteiger charge is 2.19. The summed E-state index contributed by atoms with van der Waals surface area (Å²) in [4.78, 5) is 12.3. The van der Waals surface area contributed by atoms with Crippen molar-refractivity contribution in [3.8, 4) is 11.5 Å². The number of anilines is 1. The Bertz CT molecular complexity index is 942. The smallest absolute Gasteiger partial charge is 0.277 e. The molecule has 5 nitrogen and oxygen atoms in total. The van der Waals surface area contributed by atoms with Gasteiger partial charge in [-0.15, -0.1) is 10.2 Å². The fraction of sp³-hybridized carbons (Fsp3) is 0.211. The van der Waals surface area contributed by atoms with Gasteiger partial charge in [0.1, 0.15) is 5.82 Å². The number of halogens is 1. The molecule has 0 aliphatic rings. The number of benzene rings is 2. The number of nitrogens with zero attached hydrogens (tertiary/aromatic N) is 2. The molecule has 0 saturated heterocycles. The maximum Gasteiger partial charge on any atom is 0.277 e. The summed E-state index contributed by atoms with van der Waals surface area (Å²) in [6.07, 6.45) is 0. The molecule has 3 aromatic rings. The number of rotatable bonds is 5. The van der Waals surface area contributed by atoms with Crippen LogP contribution in [-0.4, -0.2) is 21.4 Å². The molecule has 0 spiro atoms. The molecule has 1 heterocycles. The second-order valence-corrected chi connectivity index (χ2v) is 7.25. The van der Waals surface area contributed by atoms with E-state index in [1.807, 2.05) is 31.2 Å². The molecule has 134 valence electrons. The lowest BCUT2D eigenvalue weighted by Crippen LogP contribution is -2.22. The Balaban J connectivity index is 1.65. The van der Waals surface area contributed by atoms with E-state index < -0.39 is 5.25 Å². The summed E-state index contributed by atoms with van der Waals surface area (Å²) < 4.78 is 19.2. The predicted molar refractivity (Wildman–Crippen MR) is 99.6 cm³/mol. The number of carbonyl (C=O) groups is 1. The van der Waals surface area contributed by atoms with Gasteiger partial charge in [-0.25, -0.2) is 4.39 Å². The van der Waals surface area contributed by atoms with Crippen molar-refractivity contribution >= 4 is 23.4 Å². The van der Waals surface area contributed by atoms with Crippen LogP contribution in [0.2, 0.25) is 0 Å². The van der Waals surface area contributed by atoms with Crippen LogP contribution in [0.15, 0.2) is 52.1 Å². The first-order valence-electron chi connectivity index (χ1n) is 8.06. The Morgan fingerprint density at radius 3 is 2.73 bits per heavy atom. The average Bonchev–Trinajstić information content (AvgIpc) is 3.06. The normalized spacial score (nSPS) is 12.0. The highest BCUT2D eigenvalue weighted by molar-refractivity contribution is 8.00. The zero-order chi connectivity index (χ0) is 18.7. The molecule has 0 bridgehead atoms. The van der Waals surface area contributed by atoms with Gasteiger partial charge in [0.15, 0.2) is 0 Å². The highest BCUT2D eigenvalue weighted by Crippen LogP contribution is 2.27. The molecular weight excluding hydrogens is 353 g/mol. The topological polar surface area (TPSA) is 68.0 Å². The molecule has 2 aromatic carbocycles. The van der Waals surface area contributed by atoms with Gasteiger partial charge in [-0.05, 0) is 50.6 Å². The van der Waals surface area contributed by atoms with E-state index in [-0.39, 0.29) is 11.7 Å². The van der Waals surface area contributed by atoms with Gasteiger partial charge < -0.3 is 9.73 Å². The molecule has 1 N–H and O–H groups in total. The third-order valence-corrected chi connectivity index (χ3v) is 4.69. The first-order valence-corrected chi connectivity index (χ1v) is 8.94. The molecule has 0 saturated carbocycles. The molecule has 1 atom stereocenters. The first kappa shape index (κ1) is 18.1. The van der Waals surface area contributed by atoms with Gasteiger partial charge in [0.05, 0.1) is 5.25 Å². The quantitative estimate of drug-likeness (QED) is 0.663. The predicted octanol–water partition coefficient (Wildman–Crippen LogP) is 4.61.